The Bertz CT molecular complexity index is 972. The van der Waals surface area contributed by atoms with E-state index >= 15 is 0 Å². The van der Waals surface area contributed by atoms with Gasteiger partial charge in [0.25, 0.3) is 5.91 Å². The molecule has 2 amide bonds. The maximum absolute atomic E-state index is 12.7. The molecule has 29 heavy (non-hydrogen) atoms. The zero-order chi connectivity index (χ0) is 20.4. The van der Waals surface area contributed by atoms with E-state index in [4.69, 9.17) is 0 Å². The average Bonchev–Trinajstić information content (AvgIpc) is 3.40. The number of likely N-dealkylation sites (tertiary alicyclic amines) is 1. The van der Waals surface area contributed by atoms with E-state index in [-0.39, 0.29) is 23.1 Å². The molecule has 1 heterocycles. The van der Waals surface area contributed by atoms with Gasteiger partial charge in [-0.3, -0.25) is 9.59 Å². The predicted octanol–water partition coefficient (Wildman–Crippen LogP) is 3.92. The van der Waals surface area contributed by atoms with Gasteiger partial charge in [0.2, 0.25) is 5.91 Å². The molecule has 1 aliphatic carbocycles. The predicted molar refractivity (Wildman–Crippen MR) is 114 cm³/mol. The summed E-state index contributed by atoms with van der Waals surface area (Å²) in [4.78, 5) is 26.9. The van der Waals surface area contributed by atoms with Crippen molar-refractivity contribution in [3.8, 4) is 11.8 Å². The van der Waals surface area contributed by atoms with Crippen LogP contribution >= 0.6 is 0 Å². The van der Waals surface area contributed by atoms with Crippen LogP contribution in [0.4, 0.5) is 5.69 Å². The topological polar surface area (TPSA) is 49.4 Å². The molecule has 1 aliphatic heterocycles. The number of hydrogen-bond donors (Lipinski definition) is 1. The summed E-state index contributed by atoms with van der Waals surface area (Å²) in [5, 5.41) is 3.09. The Kier molecular flexibility index (Phi) is 5.15. The van der Waals surface area contributed by atoms with Crippen LogP contribution in [0.2, 0.25) is 0 Å². The van der Waals surface area contributed by atoms with Crippen molar-refractivity contribution in [3.63, 3.8) is 0 Å². The summed E-state index contributed by atoms with van der Waals surface area (Å²) >= 11 is 0. The van der Waals surface area contributed by atoms with Crippen molar-refractivity contribution in [1.29, 1.82) is 0 Å². The zero-order valence-corrected chi connectivity index (χ0v) is 17.0. The SMILES string of the molecule is Cc1cc(C)cc(NC(=O)[C@@H]2CC23CCN(C(=O)C#Cc2ccccc2)CC3)c1. The second kappa shape index (κ2) is 7.75. The molecule has 0 unspecified atom stereocenters. The van der Waals surface area contributed by atoms with E-state index in [2.05, 4.69) is 23.2 Å². The van der Waals surface area contributed by atoms with Crippen LogP contribution in [0.25, 0.3) is 0 Å². The van der Waals surface area contributed by atoms with Gasteiger partial charge >= 0.3 is 0 Å². The number of nitrogens with one attached hydrogen (secondary N) is 1. The Morgan fingerprint density at radius 2 is 1.69 bits per heavy atom. The number of benzene rings is 2. The van der Waals surface area contributed by atoms with E-state index in [1.54, 1.807) is 0 Å². The number of amides is 2. The van der Waals surface area contributed by atoms with Crippen molar-refractivity contribution in [3.05, 3.63) is 65.2 Å². The van der Waals surface area contributed by atoms with Crippen molar-refractivity contribution in [1.82, 2.24) is 4.90 Å². The molecule has 1 saturated carbocycles. The molecule has 2 aromatic carbocycles. The quantitative estimate of drug-likeness (QED) is 0.796. The zero-order valence-electron chi connectivity index (χ0n) is 17.0. The third kappa shape index (κ3) is 4.35. The van der Waals surface area contributed by atoms with Gasteiger partial charge in [-0.1, -0.05) is 30.2 Å². The van der Waals surface area contributed by atoms with Crippen LogP contribution < -0.4 is 5.32 Å². The van der Waals surface area contributed by atoms with Crippen molar-refractivity contribution in [2.75, 3.05) is 18.4 Å². The Morgan fingerprint density at radius 1 is 1.03 bits per heavy atom. The maximum atomic E-state index is 12.7. The van der Waals surface area contributed by atoms with E-state index in [0.29, 0.717) is 13.1 Å². The van der Waals surface area contributed by atoms with Crippen LogP contribution in [-0.4, -0.2) is 29.8 Å². The minimum absolute atomic E-state index is 0.0518. The molecule has 0 radical (unpaired) electrons. The van der Waals surface area contributed by atoms with E-state index in [9.17, 15) is 9.59 Å². The van der Waals surface area contributed by atoms with Gasteiger partial charge < -0.3 is 10.2 Å². The molecule has 4 rings (SSSR count). The molecule has 2 aliphatic rings. The van der Waals surface area contributed by atoms with Gasteiger partial charge in [0.15, 0.2) is 0 Å². The number of carbonyl (C=O) groups excluding carboxylic acids is 2. The lowest BCUT2D eigenvalue weighted by Crippen LogP contribution is -2.39. The van der Waals surface area contributed by atoms with Gasteiger partial charge in [-0.15, -0.1) is 0 Å². The summed E-state index contributed by atoms with van der Waals surface area (Å²) < 4.78 is 0. The van der Waals surface area contributed by atoms with E-state index < -0.39 is 0 Å². The summed E-state index contributed by atoms with van der Waals surface area (Å²) in [6.45, 7) is 5.43. The number of anilines is 1. The number of hydrogen-bond acceptors (Lipinski definition) is 2. The summed E-state index contributed by atoms with van der Waals surface area (Å²) in [5.41, 5.74) is 4.08. The van der Waals surface area contributed by atoms with Gasteiger partial charge in [-0.05, 0) is 73.9 Å². The number of nitrogens with zero attached hydrogens (tertiary/aromatic N) is 1. The van der Waals surface area contributed by atoms with Crippen LogP contribution in [0, 0.1) is 37.0 Å². The molecule has 0 bridgehead atoms. The molecule has 148 valence electrons. The smallest absolute Gasteiger partial charge is 0.298 e. The van der Waals surface area contributed by atoms with Gasteiger partial charge in [-0.25, -0.2) is 0 Å². The second-order valence-electron chi connectivity index (χ2n) is 8.39. The summed E-state index contributed by atoms with van der Waals surface area (Å²) in [5.74, 6) is 5.72. The lowest BCUT2D eigenvalue weighted by atomic mass is 9.90. The Balaban J connectivity index is 1.31. The molecule has 2 aromatic rings. The molecule has 0 aromatic heterocycles. The lowest BCUT2D eigenvalue weighted by Gasteiger charge is -2.31. The summed E-state index contributed by atoms with van der Waals surface area (Å²) in [6.07, 6.45) is 2.66. The number of piperidine rings is 1. The molecular formula is C25H26N2O2. The Labute approximate surface area is 172 Å². The van der Waals surface area contributed by atoms with Gasteiger partial charge in [0.05, 0.1) is 0 Å². The largest absolute Gasteiger partial charge is 0.332 e. The molecule has 1 atom stereocenters. The Morgan fingerprint density at radius 3 is 2.34 bits per heavy atom. The van der Waals surface area contributed by atoms with Crippen molar-refractivity contribution in [2.45, 2.75) is 33.1 Å². The lowest BCUT2D eigenvalue weighted by molar-refractivity contribution is -0.126. The monoisotopic (exact) mass is 386 g/mol. The Hall–Kier alpha value is -3.06. The van der Waals surface area contributed by atoms with Crippen LogP contribution in [0.1, 0.15) is 36.0 Å². The fourth-order valence-corrected chi connectivity index (χ4v) is 4.43. The van der Waals surface area contributed by atoms with E-state index in [1.165, 1.54) is 0 Å². The highest BCUT2D eigenvalue weighted by Gasteiger charge is 2.58. The maximum Gasteiger partial charge on any atom is 0.298 e. The fraction of sp³-hybridized carbons (Fsp3) is 0.360. The van der Waals surface area contributed by atoms with Gasteiger partial charge in [-0.2, -0.15) is 0 Å². The van der Waals surface area contributed by atoms with Crippen molar-refractivity contribution >= 4 is 17.5 Å². The van der Waals surface area contributed by atoms with Crippen LogP contribution in [0.15, 0.2) is 48.5 Å². The van der Waals surface area contributed by atoms with Crippen LogP contribution in [-0.2, 0) is 9.59 Å². The highest BCUT2D eigenvalue weighted by atomic mass is 16.2. The number of aryl methyl sites for hydroxylation is 2. The number of rotatable bonds is 2. The van der Waals surface area contributed by atoms with Crippen LogP contribution in [0.5, 0.6) is 0 Å². The highest BCUT2D eigenvalue weighted by molar-refractivity contribution is 5.96. The summed E-state index contributed by atoms with van der Waals surface area (Å²) in [7, 11) is 0. The molecule has 1 spiro atoms. The van der Waals surface area contributed by atoms with E-state index in [1.807, 2.05) is 61.2 Å². The number of carbonyl (C=O) groups is 2. The minimum atomic E-state index is -0.124. The van der Waals surface area contributed by atoms with Crippen molar-refractivity contribution in [2.24, 2.45) is 11.3 Å². The minimum Gasteiger partial charge on any atom is -0.332 e. The fourth-order valence-electron chi connectivity index (χ4n) is 4.43. The molecule has 4 heteroatoms. The average molecular weight is 386 g/mol. The first-order chi connectivity index (χ1) is 13.9. The summed E-state index contributed by atoms with van der Waals surface area (Å²) in [6, 6.07) is 15.7. The van der Waals surface area contributed by atoms with Gasteiger partial charge in [0, 0.05) is 36.2 Å². The van der Waals surface area contributed by atoms with Gasteiger partial charge in [0.1, 0.15) is 0 Å². The standard InChI is InChI=1S/C25H26N2O2/c1-18-14-19(2)16-21(15-18)26-24(29)22-17-25(22)10-12-27(13-11-25)23(28)9-8-20-6-4-3-5-7-20/h3-7,14-16,22H,10-13,17H2,1-2H3,(H,26,29)/t22-/m0/s1. The first kappa shape index (κ1) is 19.3. The van der Waals surface area contributed by atoms with Crippen LogP contribution in [0.3, 0.4) is 0 Å². The molecular weight excluding hydrogens is 360 g/mol. The highest BCUT2D eigenvalue weighted by Crippen LogP contribution is 2.59. The third-order valence-corrected chi connectivity index (χ3v) is 6.13. The molecule has 4 nitrogen and oxygen atoms in total. The normalized spacial score (nSPS) is 19.2. The molecule has 2 fully saturated rings. The molecule has 1 N–H and O–H groups in total. The second-order valence-corrected chi connectivity index (χ2v) is 8.39. The molecule has 1 saturated heterocycles. The first-order valence-corrected chi connectivity index (χ1v) is 10.2. The van der Waals surface area contributed by atoms with E-state index in [0.717, 1.165) is 41.6 Å². The first-order valence-electron chi connectivity index (χ1n) is 10.2. The van der Waals surface area contributed by atoms with Crippen molar-refractivity contribution < 1.29 is 9.59 Å². The third-order valence-electron chi connectivity index (χ3n) is 6.13.